The molecule has 2 heterocycles. The average molecular weight is 335 g/mol. The van der Waals surface area contributed by atoms with Crippen LogP contribution in [0.25, 0.3) is 0 Å². The van der Waals surface area contributed by atoms with E-state index in [1.165, 1.54) is 22.0 Å². The van der Waals surface area contributed by atoms with Crippen LogP contribution in [0.4, 0.5) is 8.78 Å². The van der Waals surface area contributed by atoms with E-state index in [-0.39, 0.29) is 16.7 Å². The molecular formula is C9H9BrF2N6O. The maximum Gasteiger partial charge on any atom is 0.283 e. The van der Waals surface area contributed by atoms with Crippen molar-refractivity contribution in [2.75, 3.05) is 5.43 Å². The van der Waals surface area contributed by atoms with Gasteiger partial charge in [-0.15, -0.1) is 10.2 Å². The van der Waals surface area contributed by atoms with E-state index in [0.29, 0.717) is 5.69 Å². The number of aromatic nitrogens is 5. The molecule has 2 aromatic rings. The van der Waals surface area contributed by atoms with Crippen molar-refractivity contribution in [2.24, 2.45) is 0 Å². The number of amides is 1. The van der Waals surface area contributed by atoms with Crippen LogP contribution in [0.3, 0.4) is 0 Å². The monoisotopic (exact) mass is 334 g/mol. The van der Waals surface area contributed by atoms with Crippen molar-refractivity contribution in [1.82, 2.24) is 24.7 Å². The van der Waals surface area contributed by atoms with Gasteiger partial charge < -0.3 is 0 Å². The molecule has 0 bridgehead atoms. The minimum Gasteiger partial charge on any atom is -0.271 e. The lowest BCUT2D eigenvalue weighted by Crippen LogP contribution is -2.26. The first kappa shape index (κ1) is 13.6. The Labute approximate surface area is 114 Å². The number of rotatable bonds is 4. The van der Waals surface area contributed by atoms with Gasteiger partial charge in [-0.3, -0.25) is 14.9 Å². The third-order valence-electron chi connectivity index (χ3n) is 2.33. The van der Waals surface area contributed by atoms with Crippen molar-refractivity contribution in [3.05, 3.63) is 28.5 Å². The van der Waals surface area contributed by atoms with E-state index in [1.54, 1.807) is 6.92 Å². The number of hydrogen-bond donors (Lipinski definition) is 1. The van der Waals surface area contributed by atoms with Crippen LogP contribution < -0.4 is 5.43 Å². The lowest BCUT2D eigenvalue weighted by atomic mass is 10.4. The second-order valence-corrected chi connectivity index (χ2v) is 4.44. The number of nitrogens with one attached hydrogen (secondary N) is 1. The Morgan fingerprint density at radius 3 is 2.63 bits per heavy atom. The van der Waals surface area contributed by atoms with Crippen molar-refractivity contribution >= 4 is 21.8 Å². The zero-order valence-corrected chi connectivity index (χ0v) is 11.3. The predicted molar refractivity (Wildman–Crippen MR) is 64.0 cm³/mol. The third kappa shape index (κ3) is 2.95. The number of carbonyl (C=O) groups excluding carboxylic acids is 1. The molecule has 0 saturated carbocycles. The third-order valence-corrected chi connectivity index (χ3v) is 3.31. The van der Waals surface area contributed by atoms with Gasteiger partial charge in [0.1, 0.15) is 24.9 Å². The van der Waals surface area contributed by atoms with Gasteiger partial charge in [0.15, 0.2) is 0 Å². The molecule has 2 rings (SSSR count). The number of carbonyl (C=O) groups is 1. The SMILES string of the molecule is Cc1c(Br)c(C(F)F)nn1CC(=O)Nn1cnnc1. The standard InChI is InChI=1S/C9H9BrF2N6O/c1-5-7(10)8(9(11)12)16-18(5)2-6(19)15-17-3-13-14-4-17/h3-4,9H,2H2,1H3,(H,15,19). The van der Waals surface area contributed by atoms with Gasteiger partial charge in [-0.05, 0) is 22.9 Å². The summed E-state index contributed by atoms with van der Waals surface area (Å²) >= 11 is 3.03. The highest BCUT2D eigenvalue weighted by atomic mass is 79.9. The maximum atomic E-state index is 12.6. The molecule has 0 fully saturated rings. The second kappa shape index (κ2) is 5.43. The van der Waals surface area contributed by atoms with E-state index < -0.39 is 12.3 Å². The highest BCUT2D eigenvalue weighted by Gasteiger charge is 2.21. The molecule has 2 aromatic heterocycles. The van der Waals surface area contributed by atoms with Crippen LogP contribution in [0.2, 0.25) is 0 Å². The molecule has 0 saturated heterocycles. The summed E-state index contributed by atoms with van der Waals surface area (Å²) in [6.07, 6.45) is -0.0990. The molecule has 10 heteroatoms. The quantitative estimate of drug-likeness (QED) is 0.912. The summed E-state index contributed by atoms with van der Waals surface area (Å²) < 4.78 is 27.9. The molecule has 0 atom stereocenters. The molecular weight excluding hydrogens is 326 g/mol. The van der Waals surface area contributed by atoms with Crippen LogP contribution in [0.5, 0.6) is 0 Å². The summed E-state index contributed by atoms with van der Waals surface area (Å²) in [6.45, 7) is 1.41. The summed E-state index contributed by atoms with van der Waals surface area (Å²) in [4.78, 5) is 11.7. The van der Waals surface area contributed by atoms with Gasteiger partial charge in [-0.1, -0.05) is 0 Å². The Hall–Kier alpha value is -1.84. The van der Waals surface area contributed by atoms with Gasteiger partial charge in [0.2, 0.25) is 0 Å². The molecule has 0 unspecified atom stereocenters. The normalized spacial score (nSPS) is 11.0. The molecule has 1 N–H and O–H groups in total. The van der Waals surface area contributed by atoms with Gasteiger partial charge in [-0.25, -0.2) is 13.5 Å². The van der Waals surface area contributed by atoms with Crippen LogP contribution in [0.1, 0.15) is 17.8 Å². The molecule has 19 heavy (non-hydrogen) atoms. The largest absolute Gasteiger partial charge is 0.283 e. The lowest BCUT2D eigenvalue weighted by Gasteiger charge is -2.06. The number of nitrogens with zero attached hydrogens (tertiary/aromatic N) is 5. The first-order valence-corrected chi connectivity index (χ1v) is 5.93. The molecule has 1 amide bonds. The van der Waals surface area contributed by atoms with E-state index in [0.717, 1.165) is 0 Å². The summed E-state index contributed by atoms with van der Waals surface area (Å²) in [5.41, 5.74) is 2.52. The van der Waals surface area contributed by atoms with Crippen molar-refractivity contribution in [3.8, 4) is 0 Å². The van der Waals surface area contributed by atoms with E-state index in [2.05, 4.69) is 36.7 Å². The Morgan fingerprint density at radius 2 is 2.11 bits per heavy atom. The molecule has 0 aromatic carbocycles. The topological polar surface area (TPSA) is 77.6 Å². The second-order valence-electron chi connectivity index (χ2n) is 3.65. The summed E-state index contributed by atoms with van der Waals surface area (Å²) in [5, 5.41) is 10.7. The summed E-state index contributed by atoms with van der Waals surface area (Å²) in [6, 6.07) is 0. The van der Waals surface area contributed by atoms with Crippen molar-refractivity contribution in [2.45, 2.75) is 19.9 Å². The minimum atomic E-state index is -2.70. The lowest BCUT2D eigenvalue weighted by molar-refractivity contribution is -0.117. The van der Waals surface area contributed by atoms with Crippen LogP contribution >= 0.6 is 15.9 Å². The van der Waals surface area contributed by atoms with Crippen LogP contribution in [-0.4, -0.2) is 30.6 Å². The first-order valence-electron chi connectivity index (χ1n) is 5.14. The van der Waals surface area contributed by atoms with E-state index in [4.69, 9.17) is 0 Å². The van der Waals surface area contributed by atoms with E-state index >= 15 is 0 Å². The van der Waals surface area contributed by atoms with Crippen molar-refractivity contribution < 1.29 is 13.6 Å². The van der Waals surface area contributed by atoms with Gasteiger partial charge in [0, 0.05) is 0 Å². The fourth-order valence-corrected chi connectivity index (χ4v) is 1.87. The summed E-state index contributed by atoms with van der Waals surface area (Å²) in [5.74, 6) is -0.432. The zero-order chi connectivity index (χ0) is 14.0. The van der Waals surface area contributed by atoms with E-state index in [9.17, 15) is 13.6 Å². The molecule has 102 valence electrons. The van der Waals surface area contributed by atoms with Crippen LogP contribution in [0.15, 0.2) is 17.1 Å². The number of hydrogen-bond acceptors (Lipinski definition) is 4. The zero-order valence-electron chi connectivity index (χ0n) is 9.72. The van der Waals surface area contributed by atoms with Crippen molar-refractivity contribution in [1.29, 1.82) is 0 Å². The summed E-state index contributed by atoms with van der Waals surface area (Å²) in [7, 11) is 0. The Bertz CT molecular complexity index is 582. The highest BCUT2D eigenvalue weighted by molar-refractivity contribution is 9.10. The smallest absolute Gasteiger partial charge is 0.271 e. The average Bonchev–Trinajstić information content (AvgIpc) is 2.92. The molecule has 0 aliphatic heterocycles. The van der Waals surface area contributed by atoms with Crippen LogP contribution in [-0.2, 0) is 11.3 Å². The molecule has 0 radical (unpaired) electrons. The first-order chi connectivity index (χ1) is 8.99. The van der Waals surface area contributed by atoms with Crippen LogP contribution in [0, 0.1) is 6.92 Å². The Morgan fingerprint density at radius 1 is 1.47 bits per heavy atom. The maximum absolute atomic E-state index is 12.6. The van der Waals surface area contributed by atoms with Crippen molar-refractivity contribution in [3.63, 3.8) is 0 Å². The predicted octanol–water partition coefficient (Wildman–Crippen LogP) is 1.25. The van der Waals surface area contributed by atoms with Gasteiger partial charge >= 0.3 is 0 Å². The number of alkyl halides is 2. The molecule has 7 nitrogen and oxygen atoms in total. The van der Waals surface area contributed by atoms with Gasteiger partial charge in [0.25, 0.3) is 12.3 Å². The fraction of sp³-hybridized carbons (Fsp3) is 0.333. The number of halogens is 3. The molecule has 0 aliphatic rings. The van der Waals surface area contributed by atoms with Gasteiger partial charge in [0.05, 0.1) is 10.2 Å². The minimum absolute atomic E-state index is 0.185. The molecule has 0 spiro atoms. The Kier molecular flexibility index (Phi) is 3.88. The molecule has 0 aliphatic carbocycles. The van der Waals surface area contributed by atoms with Gasteiger partial charge in [-0.2, -0.15) is 5.10 Å². The fourth-order valence-electron chi connectivity index (χ4n) is 1.41. The Balaban J connectivity index is 2.11. The van der Waals surface area contributed by atoms with E-state index in [1.807, 2.05) is 0 Å². The highest BCUT2D eigenvalue weighted by Crippen LogP contribution is 2.28.